The van der Waals surface area contributed by atoms with Crippen LogP contribution in [0.15, 0.2) is 48.5 Å². The fraction of sp³-hybridized carbons (Fsp3) is 0.444. The number of carboxylic acids is 1. The lowest BCUT2D eigenvalue weighted by Gasteiger charge is -2.36. The second kappa shape index (κ2) is 9.12. The number of fused-ring (bicyclic) bond motifs is 3. The van der Waals surface area contributed by atoms with Gasteiger partial charge in [-0.3, -0.25) is 4.79 Å². The van der Waals surface area contributed by atoms with Crippen molar-refractivity contribution in [3.05, 3.63) is 59.7 Å². The zero-order valence-corrected chi connectivity index (χ0v) is 20.1. The first-order valence-corrected chi connectivity index (χ1v) is 11.8. The van der Waals surface area contributed by atoms with Crippen LogP contribution in [0.2, 0.25) is 0 Å². The lowest BCUT2D eigenvalue weighted by atomic mass is 9.85. The van der Waals surface area contributed by atoms with Crippen molar-refractivity contribution in [1.29, 1.82) is 0 Å². The number of benzene rings is 2. The molecule has 0 heterocycles. The van der Waals surface area contributed by atoms with E-state index in [2.05, 4.69) is 17.4 Å². The summed E-state index contributed by atoms with van der Waals surface area (Å²) in [5, 5.41) is 12.2. The maximum Gasteiger partial charge on any atom is 0.407 e. The van der Waals surface area contributed by atoms with Crippen molar-refractivity contribution in [1.82, 2.24) is 10.2 Å². The molecule has 1 fully saturated rings. The molecule has 0 aliphatic heterocycles. The van der Waals surface area contributed by atoms with E-state index in [4.69, 9.17) is 4.74 Å². The molecule has 7 heteroatoms. The number of hydrogen-bond donors (Lipinski definition) is 2. The summed E-state index contributed by atoms with van der Waals surface area (Å²) in [7, 11) is 0. The zero-order valence-electron chi connectivity index (χ0n) is 20.1. The minimum Gasteiger partial charge on any atom is -0.480 e. The van der Waals surface area contributed by atoms with Crippen LogP contribution < -0.4 is 5.32 Å². The maximum absolute atomic E-state index is 13.4. The molecule has 0 aromatic heterocycles. The summed E-state index contributed by atoms with van der Waals surface area (Å²) in [5.74, 6) is -1.54. The number of nitrogens with one attached hydrogen (secondary N) is 1. The highest BCUT2D eigenvalue weighted by Crippen LogP contribution is 2.44. The third-order valence-electron chi connectivity index (χ3n) is 6.69. The van der Waals surface area contributed by atoms with Gasteiger partial charge in [-0.1, -0.05) is 69.3 Å². The van der Waals surface area contributed by atoms with Gasteiger partial charge < -0.3 is 20.1 Å². The Balaban J connectivity index is 1.48. The van der Waals surface area contributed by atoms with E-state index in [1.807, 2.05) is 57.2 Å². The van der Waals surface area contributed by atoms with Gasteiger partial charge in [0.2, 0.25) is 5.91 Å². The van der Waals surface area contributed by atoms with Gasteiger partial charge in [0.05, 0.1) is 0 Å². The Morgan fingerprint density at radius 3 is 2.03 bits per heavy atom. The van der Waals surface area contributed by atoms with E-state index in [1.165, 1.54) is 11.8 Å². The van der Waals surface area contributed by atoms with Crippen LogP contribution in [-0.2, 0) is 14.3 Å². The standard InChI is InChI=1S/C27H32N2O5/c1-16(25(31)32)29(17-13-14-17)24(30)23(27(2,3)4)28-26(33)34-15-22-20-11-7-5-9-18(20)19-10-6-8-12-21(19)22/h5-12,16-17,22-23H,13-15H2,1-4H3,(H,28,33)(H,31,32). The summed E-state index contributed by atoms with van der Waals surface area (Å²) < 4.78 is 5.64. The van der Waals surface area contributed by atoms with E-state index < -0.39 is 35.5 Å². The van der Waals surface area contributed by atoms with E-state index in [0.29, 0.717) is 0 Å². The second-order valence-corrected chi connectivity index (χ2v) is 10.3. The Bertz CT molecular complexity index is 1060. The lowest BCUT2D eigenvalue weighted by molar-refractivity contribution is -0.152. The first kappa shape index (κ1) is 23.8. The van der Waals surface area contributed by atoms with Gasteiger partial charge in [0.15, 0.2) is 0 Å². The van der Waals surface area contributed by atoms with Crippen molar-refractivity contribution in [2.45, 2.75) is 64.6 Å². The first-order valence-electron chi connectivity index (χ1n) is 11.8. The second-order valence-electron chi connectivity index (χ2n) is 10.3. The number of rotatable bonds is 7. The Morgan fingerprint density at radius 2 is 1.56 bits per heavy atom. The molecule has 0 spiro atoms. The molecule has 2 atom stereocenters. The smallest absolute Gasteiger partial charge is 0.407 e. The molecule has 4 rings (SSSR count). The van der Waals surface area contributed by atoms with Crippen molar-refractivity contribution in [2.24, 2.45) is 5.41 Å². The largest absolute Gasteiger partial charge is 0.480 e. The third-order valence-corrected chi connectivity index (χ3v) is 6.69. The number of aliphatic carboxylic acids is 1. The highest BCUT2D eigenvalue weighted by atomic mass is 16.5. The fourth-order valence-electron chi connectivity index (χ4n) is 4.71. The molecule has 7 nitrogen and oxygen atoms in total. The van der Waals surface area contributed by atoms with Gasteiger partial charge in [-0.05, 0) is 47.4 Å². The number of carbonyl (C=O) groups excluding carboxylic acids is 2. The Kier molecular flexibility index (Phi) is 6.39. The van der Waals surface area contributed by atoms with Crippen molar-refractivity contribution in [3.63, 3.8) is 0 Å². The van der Waals surface area contributed by atoms with Crippen LogP contribution in [0.3, 0.4) is 0 Å². The number of hydrogen-bond acceptors (Lipinski definition) is 4. The predicted molar refractivity (Wildman–Crippen MR) is 128 cm³/mol. The van der Waals surface area contributed by atoms with Gasteiger partial charge in [-0.15, -0.1) is 0 Å². The molecule has 2 N–H and O–H groups in total. The van der Waals surface area contributed by atoms with Gasteiger partial charge in [-0.25, -0.2) is 9.59 Å². The average Bonchev–Trinajstić information content (AvgIpc) is 3.57. The summed E-state index contributed by atoms with van der Waals surface area (Å²) in [5.41, 5.74) is 3.86. The van der Waals surface area contributed by atoms with Gasteiger partial charge in [0.1, 0.15) is 18.7 Å². The normalized spacial score (nSPS) is 16.7. The van der Waals surface area contributed by atoms with Crippen LogP contribution >= 0.6 is 0 Å². The minimum absolute atomic E-state index is 0.0862. The molecule has 2 aliphatic rings. The highest BCUT2D eigenvalue weighted by molar-refractivity contribution is 5.90. The summed E-state index contributed by atoms with van der Waals surface area (Å²) in [6, 6.07) is 14.2. The predicted octanol–water partition coefficient (Wildman–Crippen LogP) is 4.40. The van der Waals surface area contributed by atoms with Gasteiger partial charge in [0, 0.05) is 12.0 Å². The molecule has 2 aromatic carbocycles. The number of carbonyl (C=O) groups is 3. The highest BCUT2D eigenvalue weighted by Gasteiger charge is 2.44. The quantitative estimate of drug-likeness (QED) is 0.633. The number of amides is 2. The molecule has 0 bridgehead atoms. The third kappa shape index (κ3) is 4.65. The minimum atomic E-state index is -1.06. The molecule has 2 aromatic rings. The molecule has 2 amide bonds. The molecular weight excluding hydrogens is 432 g/mol. The van der Waals surface area contributed by atoms with Crippen LogP contribution in [0.4, 0.5) is 4.79 Å². The van der Waals surface area contributed by atoms with Crippen LogP contribution in [0.25, 0.3) is 11.1 Å². The summed E-state index contributed by atoms with van der Waals surface area (Å²) >= 11 is 0. The van der Waals surface area contributed by atoms with Crippen LogP contribution in [-0.4, -0.2) is 52.7 Å². The fourth-order valence-corrected chi connectivity index (χ4v) is 4.71. The number of nitrogens with zero attached hydrogens (tertiary/aromatic N) is 1. The molecule has 0 radical (unpaired) electrons. The Hall–Kier alpha value is -3.35. The van der Waals surface area contributed by atoms with Crippen molar-refractivity contribution >= 4 is 18.0 Å². The lowest BCUT2D eigenvalue weighted by Crippen LogP contribution is -2.58. The van der Waals surface area contributed by atoms with E-state index in [-0.39, 0.29) is 18.6 Å². The Labute approximate surface area is 200 Å². The molecule has 2 aliphatic carbocycles. The van der Waals surface area contributed by atoms with Crippen LogP contribution in [0.1, 0.15) is 57.6 Å². The molecule has 0 saturated heterocycles. The monoisotopic (exact) mass is 464 g/mol. The van der Waals surface area contributed by atoms with Gasteiger partial charge in [0.25, 0.3) is 0 Å². The first-order chi connectivity index (χ1) is 16.1. The molecule has 180 valence electrons. The summed E-state index contributed by atoms with van der Waals surface area (Å²) in [4.78, 5) is 39.3. The topological polar surface area (TPSA) is 95.9 Å². The molecule has 1 saturated carbocycles. The van der Waals surface area contributed by atoms with E-state index in [1.54, 1.807) is 0 Å². The van der Waals surface area contributed by atoms with E-state index in [9.17, 15) is 19.5 Å². The molecule has 34 heavy (non-hydrogen) atoms. The maximum atomic E-state index is 13.4. The number of carboxylic acid groups (broad SMARTS) is 1. The van der Waals surface area contributed by atoms with Crippen molar-refractivity contribution in [3.8, 4) is 11.1 Å². The van der Waals surface area contributed by atoms with Crippen LogP contribution in [0, 0.1) is 5.41 Å². The number of alkyl carbamates (subject to hydrolysis) is 1. The van der Waals surface area contributed by atoms with Crippen LogP contribution in [0.5, 0.6) is 0 Å². The van der Waals surface area contributed by atoms with Crippen molar-refractivity contribution in [2.75, 3.05) is 6.61 Å². The zero-order chi connectivity index (χ0) is 24.6. The summed E-state index contributed by atoms with van der Waals surface area (Å²) in [6.07, 6.45) is 0.852. The van der Waals surface area contributed by atoms with Gasteiger partial charge >= 0.3 is 12.1 Å². The van der Waals surface area contributed by atoms with E-state index in [0.717, 1.165) is 35.1 Å². The van der Waals surface area contributed by atoms with E-state index >= 15 is 0 Å². The SMILES string of the molecule is CC(C(=O)O)N(C(=O)C(NC(=O)OCC1c2ccccc2-c2ccccc21)C(C)(C)C)C1CC1. The number of ether oxygens (including phenoxy) is 1. The summed E-state index contributed by atoms with van der Waals surface area (Å²) in [6.45, 7) is 7.18. The average molecular weight is 465 g/mol. The molecule has 2 unspecified atom stereocenters. The van der Waals surface area contributed by atoms with Crippen molar-refractivity contribution < 1.29 is 24.2 Å². The van der Waals surface area contributed by atoms with Gasteiger partial charge in [-0.2, -0.15) is 0 Å². The molecular formula is C27H32N2O5. The Morgan fingerprint density at radius 1 is 1.03 bits per heavy atom.